The monoisotopic (exact) mass is 367 g/mol. The molecule has 136 valence electrons. The predicted octanol–water partition coefficient (Wildman–Crippen LogP) is 4.72. The number of aryl methyl sites for hydroxylation is 1. The first-order valence-corrected chi connectivity index (χ1v) is 10.7. The van der Waals surface area contributed by atoms with Crippen LogP contribution in [0.2, 0.25) is 0 Å². The van der Waals surface area contributed by atoms with E-state index in [0.717, 1.165) is 49.5 Å². The number of carbonyl (C=O) groups excluding carboxylic acids is 1. The summed E-state index contributed by atoms with van der Waals surface area (Å²) in [5, 5.41) is 2.26. The molecular formula is C22H25NO2S. The molecule has 3 aliphatic rings. The maximum atomic E-state index is 12.2. The highest BCUT2D eigenvalue weighted by Gasteiger charge is 2.46. The van der Waals surface area contributed by atoms with E-state index < -0.39 is 0 Å². The third kappa shape index (κ3) is 2.71. The average Bonchev–Trinajstić information content (AvgIpc) is 3.26. The Labute approximate surface area is 159 Å². The summed E-state index contributed by atoms with van der Waals surface area (Å²) < 4.78 is 5.87. The molecule has 1 atom stereocenters. The van der Waals surface area contributed by atoms with Crippen LogP contribution in [0, 0.1) is 0 Å². The lowest BCUT2D eigenvalue weighted by atomic mass is 9.83. The summed E-state index contributed by atoms with van der Waals surface area (Å²) in [6.07, 6.45) is 7.06. The van der Waals surface area contributed by atoms with Crippen molar-refractivity contribution in [2.45, 2.75) is 50.0 Å². The van der Waals surface area contributed by atoms with Crippen LogP contribution in [0.5, 0.6) is 0 Å². The molecule has 0 bridgehead atoms. The van der Waals surface area contributed by atoms with Gasteiger partial charge in [0.1, 0.15) is 5.60 Å². The molecular weight excluding hydrogens is 342 g/mol. The van der Waals surface area contributed by atoms with Crippen LogP contribution in [-0.4, -0.2) is 30.5 Å². The first-order valence-electron chi connectivity index (χ1n) is 9.87. The zero-order valence-corrected chi connectivity index (χ0v) is 15.9. The summed E-state index contributed by atoms with van der Waals surface area (Å²) in [7, 11) is 0. The number of fused-ring (bicyclic) bond motifs is 3. The number of nitrogens with zero attached hydrogens (tertiary/aromatic N) is 1. The molecule has 0 amide bonds. The Balaban J connectivity index is 1.22. The number of benzene rings is 1. The molecule has 26 heavy (non-hydrogen) atoms. The highest BCUT2D eigenvalue weighted by Crippen LogP contribution is 2.44. The molecule has 0 radical (unpaired) electrons. The van der Waals surface area contributed by atoms with Gasteiger partial charge < -0.3 is 9.64 Å². The molecule has 1 unspecified atom stereocenters. The topological polar surface area (TPSA) is 29.5 Å². The summed E-state index contributed by atoms with van der Waals surface area (Å²) in [5.74, 6) is 0.604. The predicted molar refractivity (Wildman–Crippen MR) is 104 cm³/mol. The van der Waals surface area contributed by atoms with Gasteiger partial charge in [-0.05, 0) is 61.2 Å². The maximum absolute atomic E-state index is 12.2. The Bertz CT molecular complexity index is 819. The zero-order valence-electron chi connectivity index (χ0n) is 15.1. The number of piperidine rings is 1. The van der Waals surface area contributed by atoms with Crippen molar-refractivity contribution < 1.29 is 9.53 Å². The second kappa shape index (κ2) is 6.50. The summed E-state index contributed by atoms with van der Waals surface area (Å²) in [6.45, 7) is 3.20. The van der Waals surface area contributed by atoms with Gasteiger partial charge in [-0.15, -0.1) is 11.3 Å². The maximum Gasteiger partial charge on any atom is 0.339 e. The smallest absolute Gasteiger partial charge is 0.339 e. The molecule has 1 aromatic carbocycles. The number of hydrogen-bond acceptors (Lipinski definition) is 4. The fourth-order valence-electron chi connectivity index (χ4n) is 5.08. The van der Waals surface area contributed by atoms with Crippen LogP contribution in [-0.2, 0) is 16.8 Å². The third-order valence-corrected chi connectivity index (χ3v) is 7.56. The van der Waals surface area contributed by atoms with E-state index in [2.05, 4.69) is 22.4 Å². The van der Waals surface area contributed by atoms with Crippen LogP contribution in [0.4, 0.5) is 0 Å². The Morgan fingerprint density at radius 2 is 2.04 bits per heavy atom. The first-order chi connectivity index (χ1) is 12.8. The van der Waals surface area contributed by atoms with Gasteiger partial charge in [-0.1, -0.05) is 18.2 Å². The van der Waals surface area contributed by atoms with Crippen molar-refractivity contribution in [2.75, 3.05) is 19.6 Å². The molecule has 0 saturated carbocycles. The molecule has 2 aliphatic heterocycles. The zero-order chi connectivity index (χ0) is 17.6. The van der Waals surface area contributed by atoms with E-state index in [4.69, 9.17) is 4.74 Å². The minimum absolute atomic E-state index is 0.138. The number of hydrogen-bond donors (Lipinski definition) is 0. The second-order valence-electron chi connectivity index (χ2n) is 7.95. The van der Waals surface area contributed by atoms with Crippen LogP contribution in [0.25, 0.3) is 0 Å². The van der Waals surface area contributed by atoms with Gasteiger partial charge in [-0.25, -0.2) is 4.79 Å². The van der Waals surface area contributed by atoms with Crippen molar-refractivity contribution >= 4 is 17.3 Å². The number of rotatable bonds is 3. The van der Waals surface area contributed by atoms with Crippen LogP contribution in [0.1, 0.15) is 64.4 Å². The lowest BCUT2D eigenvalue weighted by Gasteiger charge is -2.39. The van der Waals surface area contributed by atoms with E-state index in [9.17, 15) is 4.79 Å². The van der Waals surface area contributed by atoms with Crippen molar-refractivity contribution in [3.63, 3.8) is 0 Å². The highest BCUT2D eigenvalue weighted by atomic mass is 32.1. The number of ether oxygens (including phenoxy) is 1. The molecule has 3 heterocycles. The van der Waals surface area contributed by atoms with Gasteiger partial charge in [0.15, 0.2) is 0 Å². The van der Waals surface area contributed by atoms with Crippen molar-refractivity contribution in [3.05, 3.63) is 57.3 Å². The normalized spacial score (nSPS) is 24.3. The minimum atomic E-state index is -0.366. The number of thiophene rings is 1. The summed E-state index contributed by atoms with van der Waals surface area (Å²) >= 11 is 1.93. The highest BCUT2D eigenvalue weighted by molar-refractivity contribution is 7.10. The number of esters is 1. The standard InChI is InChI=1S/C22H25NO2S/c24-21-18-5-1-2-6-19(18)22(25-21)10-13-23(14-11-22)12-8-16-4-3-7-20-17(16)9-15-26-20/h1-2,5-6,9,15-16H,3-4,7-8,10-14H2. The molecule has 2 aromatic rings. The fraction of sp³-hybridized carbons (Fsp3) is 0.500. The minimum Gasteiger partial charge on any atom is -0.450 e. The molecule has 1 fully saturated rings. The number of carbonyl (C=O) groups is 1. The molecule has 0 N–H and O–H groups in total. The SMILES string of the molecule is O=C1OC2(CCN(CCC3CCCc4sccc43)CC2)c2ccccc21. The summed E-state index contributed by atoms with van der Waals surface area (Å²) in [5.41, 5.74) is 3.14. The lowest BCUT2D eigenvalue weighted by molar-refractivity contribution is -0.0431. The van der Waals surface area contributed by atoms with E-state index in [1.54, 1.807) is 10.4 Å². The van der Waals surface area contributed by atoms with Crippen LogP contribution in [0.15, 0.2) is 35.7 Å². The first kappa shape index (κ1) is 16.5. The van der Waals surface area contributed by atoms with Gasteiger partial charge in [0.25, 0.3) is 0 Å². The Morgan fingerprint density at radius 1 is 1.19 bits per heavy atom. The van der Waals surface area contributed by atoms with Gasteiger partial charge in [-0.3, -0.25) is 0 Å². The van der Waals surface area contributed by atoms with E-state index in [1.165, 1.54) is 25.7 Å². The van der Waals surface area contributed by atoms with Gasteiger partial charge >= 0.3 is 5.97 Å². The van der Waals surface area contributed by atoms with E-state index >= 15 is 0 Å². The Hall–Kier alpha value is -1.65. The van der Waals surface area contributed by atoms with Crippen LogP contribution < -0.4 is 0 Å². The molecule has 3 nitrogen and oxygen atoms in total. The molecule has 1 aliphatic carbocycles. The van der Waals surface area contributed by atoms with Gasteiger partial charge in [0.2, 0.25) is 0 Å². The van der Waals surface area contributed by atoms with Crippen LogP contribution >= 0.6 is 11.3 Å². The van der Waals surface area contributed by atoms with Gasteiger partial charge in [0.05, 0.1) is 5.56 Å². The third-order valence-electron chi connectivity index (χ3n) is 6.56. The van der Waals surface area contributed by atoms with Gasteiger partial charge in [0, 0.05) is 36.4 Å². The molecule has 1 saturated heterocycles. The van der Waals surface area contributed by atoms with E-state index in [1.807, 2.05) is 29.5 Å². The molecule has 1 spiro atoms. The summed E-state index contributed by atoms with van der Waals surface area (Å²) in [6, 6.07) is 10.3. The Morgan fingerprint density at radius 3 is 2.92 bits per heavy atom. The van der Waals surface area contributed by atoms with E-state index in [-0.39, 0.29) is 11.6 Å². The fourth-order valence-corrected chi connectivity index (χ4v) is 6.09. The lowest BCUT2D eigenvalue weighted by Crippen LogP contribution is -2.43. The van der Waals surface area contributed by atoms with Crippen molar-refractivity contribution in [2.24, 2.45) is 0 Å². The van der Waals surface area contributed by atoms with Crippen molar-refractivity contribution in [3.8, 4) is 0 Å². The van der Waals surface area contributed by atoms with Crippen molar-refractivity contribution in [1.29, 1.82) is 0 Å². The van der Waals surface area contributed by atoms with Crippen molar-refractivity contribution in [1.82, 2.24) is 4.90 Å². The second-order valence-corrected chi connectivity index (χ2v) is 8.95. The molecule has 1 aromatic heterocycles. The van der Waals surface area contributed by atoms with Gasteiger partial charge in [-0.2, -0.15) is 0 Å². The number of likely N-dealkylation sites (tertiary alicyclic amines) is 1. The Kier molecular flexibility index (Phi) is 4.13. The molecule has 4 heteroatoms. The quantitative estimate of drug-likeness (QED) is 0.735. The average molecular weight is 368 g/mol. The largest absolute Gasteiger partial charge is 0.450 e. The molecule has 5 rings (SSSR count). The van der Waals surface area contributed by atoms with Crippen LogP contribution in [0.3, 0.4) is 0 Å². The summed E-state index contributed by atoms with van der Waals surface area (Å²) in [4.78, 5) is 16.4. The van der Waals surface area contributed by atoms with E-state index in [0.29, 0.717) is 0 Å².